The van der Waals surface area contributed by atoms with Crippen LogP contribution >= 0.6 is 0 Å². The number of piperidine rings is 1. The van der Waals surface area contributed by atoms with Gasteiger partial charge in [0, 0.05) is 0 Å². The van der Waals surface area contributed by atoms with Gasteiger partial charge in [0.25, 0.3) is 0 Å². The van der Waals surface area contributed by atoms with Crippen LogP contribution in [0.1, 0.15) is 12.8 Å². The highest BCUT2D eigenvalue weighted by Crippen LogP contribution is 2.18. The standard InChI is InChI=1S/C7H17BN2/c1-9-8-7-3-5-10(2)6-4-7/h7-9H,3-6H2,1-2H3. The molecule has 0 amide bonds. The Kier molecular flexibility index (Phi) is 3.22. The average molecular weight is 140 g/mol. The van der Waals surface area contributed by atoms with E-state index in [4.69, 9.17) is 0 Å². The molecule has 3 heteroatoms. The van der Waals surface area contributed by atoms with Gasteiger partial charge >= 0.3 is 0 Å². The molecule has 1 heterocycles. The van der Waals surface area contributed by atoms with Crippen LogP contribution < -0.4 is 5.23 Å². The van der Waals surface area contributed by atoms with E-state index in [1.54, 1.807) is 0 Å². The summed E-state index contributed by atoms with van der Waals surface area (Å²) in [5, 5.41) is 3.23. The molecule has 0 unspecified atom stereocenters. The molecule has 0 aromatic carbocycles. The normalized spacial score (nSPS) is 23.0. The Hall–Kier alpha value is -0.0151. The maximum atomic E-state index is 3.23. The van der Waals surface area contributed by atoms with E-state index >= 15 is 0 Å². The first-order valence-electron chi connectivity index (χ1n) is 4.16. The van der Waals surface area contributed by atoms with Gasteiger partial charge in [-0.15, -0.1) is 0 Å². The molecule has 0 saturated carbocycles. The van der Waals surface area contributed by atoms with Crippen LogP contribution in [0.15, 0.2) is 0 Å². The molecule has 1 fully saturated rings. The first-order chi connectivity index (χ1) is 4.83. The number of likely N-dealkylation sites (tertiary alicyclic amines) is 1. The molecule has 0 atom stereocenters. The first kappa shape index (κ1) is 8.09. The van der Waals surface area contributed by atoms with E-state index in [1.165, 1.54) is 33.3 Å². The van der Waals surface area contributed by atoms with Crippen LogP contribution in [-0.2, 0) is 0 Å². The van der Waals surface area contributed by atoms with Crippen molar-refractivity contribution in [2.24, 2.45) is 0 Å². The van der Waals surface area contributed by atoms with Crippen LogP contribution in [0.3, 0.4) is 0 Å². The van der Waals surface area contributed by atoms with Crippen molar-refractivity contribution in [2.45, 2.75) is 18.7 Å². The number of hydrogen-bond acceptors (Lipinski definition) is 2. The van der Waals surface area contributed by atoms with E-state index in [0.29, 0.717) is 0 Å². The maximum absolute atomic E-state index is 3.23. The summed E-state index contributed by atoms with van der Waals surface area (Å²) in [5.74, 6) is 0.932. The number of rotatable bonds is 2. The molecule has 1 aliphatic heterocycles. The molecule has 0 aromatic rings. The molecule has 58 valence electrons. The molecule has 1 saturated heterocycles. The summed E-state index contributed by atoms with van der Waals surface area (Å²) in [6, 6.07) is 0. The van der Waals surface area contributed by atoms with Gasteiger partial charge in [0.15, 0.2) is 0 Å². The summed E-state index contributed by atoms with van der Waals surface area (Å²) < 4.78 is 0. The van der Waals surface area contributed by atoms with Crippen molar-refractivity contribution in [2.75, 3.05) is 27.2 Å². The minimum Gasteiger partial charge on any atom is -0.361 e. The van der Waals surface area contributed by atoms with Crippen LogP contribution in [0, 0.1) is 0 Å². The van der Waals surface area contributed by atoms with Gasteiger partial charge in [0.05, 0.1) is 0 Å². The molecular formula is C7H17BN2. The van der Waals surface area contributed by atoms with Crippen molar-refractivity contribution >= 4 is 7.41 Å². The zero-order chi connectivity index (χ0) is 7.40. The minimum absolute atomic E-state index is 0.932. The SMILES string of the molecule is CNBC1CCN(C)CC1. The van der Waals surface area contributed by atoms with Crippen molar-refractivity contribution in [1.82, 2.24) is 10.1 Å². The zero-order valence-corrected chi connectivity index (χ0v) is 7.06. The smallest absolute Gasteiger partial charge is 0.204 e. The van der Waals surface area contributed by atoms with Gasteiger partial charge in [-0.05, 0) is 45.8 Å². The topological polar surface area (TPSA) is 15.3 Å². The van der Waals surface area contributed by atoms with Gasteiger partial charge in [0.1, 0.15) is 0 Å². The van der Waals surface area contributed by atoms with Gasteiger partial charge in [-0.3, -0.25) is 0 Å². The Morgan fingerprint density at radius 3 is 2.50 bits per heavy atom. The summed E-state index contributed by atoms with van der Waals surface area (Å²) in [4.78, 5) is 2.41. The second kappa shape index (κ2) is 3.99. The third-order valence-corrected chi connectivity index (χ3v) is 2.33. The molecule has 1 rings (SSSR count). The van der Waals surface area contributed by atoms with E-state index in [9.17, 15) is 0 Å². The molecule has 0 aromatic heterocycles. The van der Waals surface area contributed by atoms with Crippen LogP contribution in [0.2, 0.25) is 5.82 Å². The summed E-state index contributed by atoms with van der Waals surface area (Å²) in [5.41, 5.74) is 0. The molecule has 0 aliphatic carbocycles. The second-order valence-electron chi connectivity index (χ2n) is 3.30. The van der Waals surface area contributed by atoms with Crippen molar-refractivity contribution in [3.05, 3.63) is 0 Å². The highest BCUT2D eigenvalue weighted by Gasteiger charge is 2.16. The lowest BCUT2D eigenvalue weighted by Gasteiger charge is -2.27. The number of nitrogens with zero attached hydrogens (tertiary/aromatic N) is 1. The third kappa shape index (κ3) is 2.31. The third-order valence-electron chi connectivity index (χ3n) is 2.33. The molecular weight excluding hydrogens is 123 g/mol. The number of nitrogens with one attached hydrogen (secondary N) is 1. The predicted molar refractivity (Wildman–Crippen MR) is 46.7 cm³/mol. The molecule has 0 spiro atoms. The van der Waals surface area contributed by atoms with E-state index < -0.39 is 0 Å². The average Bonchev–Trinajstić information content (AvgIpc) is 1.95. The second-order valence-corrected chi connectivity index (χ2v) is 3.30. The lowest BCUT2D eigenvalue weighted by molar-refractivity contribution is 0.276. The molecule has 1 N–H and O–H groups in total. The van der Waals surface area contributed by atoms with Crippen molar-refractivity contribution in [3.63, 3.8) is 0 Å². The van der Waals surface area contributed by atoms with Crippen LogP contribution in [0.25, 0.3) is 0 Å². The highest BCUT2D eigenvalue weighted by molar-refractivity contribution is 6.34. The predicted octanol–water partition coefficient (Wildman–Crippen LogP) is 0.0714. The van der Waals surface area contributed by atoms with E-state index in [0.717, 1.165) is 5.82 Å². The monoisotopic (exact) mass is 140 g/mol. The molecule has 0 radical (unpaired) electrons. The summed E-state index contributed by atoms with van der Waals surface area (Å²) in [7, 11) is 5.45. The number of hydrogen-bond donors (Lipinski definition) is 1. The lowest BCUT2D eigenvalue weighted by atomic mass is 9.70. The van der Waals surface area contributed by atoms with Crippen molar-refractivity contribution in [3.8, 4) is 0 Å². The first-order valence-corrected chi connectivity index (χ1v) is 4.16. The van der Waals surface area contributed by atoms with Crippen LogP contribution in [0.5, 0.6) is 0 Å². The van der Waals surface area contributed by atoms with E-state index in [1.807, 2.05) is 7.05 Å². The zero-order valence-electron chi connectivity index (χ0n) is 7.06. The van der Waals surface area contributed by atoms with Gasteiger partial charge in [-0.1, -0.05) is 0 Å². The van der Waals surface area contributed by atoms with Gasteiger partial charge in [-0.2, -0.15) is 0 Å². The van der Waals surface area contributed by atoms with E-state index in [2.05, 4.69) is 17.2 Å². The fourth-order valence-corrected chi connectivity index (χ4v) is 1.55. The fraction of sp³-hybridized carbons (Fsp3) is 1.00. The maximum Gasteiger partial charge on any atom is 0.204 e. The molecule has 10 heavy (non-hydrogen) atoms. The van der Waals surface area contributed by atoms with Crippen molar-refractivity contribution in [1.29, 1.82) is 0 Å². The Bertz CT molecular complexity index is 89.6. The Labute approximate surface area is 64.2 Å². The molecule has 1 aliphatic rings. The van der Waals surface area contributed by atoms with Gasteiger partial charge in [-0.25, -0.2) is 0 Å². The quantitative estimate of drug-likeness (QED) is 0.546. The van der Waals surface area contributed by atoms with E-state index in [-0.39, 0.29) is 0 Å². The Morgan fingerprint density at radius 1 is 1.40 bits per heavy atom. The summed E-state index contributed by atoms with van der Waals surface area (Å²) in [6.07, 6.45) is 2.74. The molecule has 2 nitrogen and oxygen atoms in total. The van der Waals surface area contributed by atoms with Crippen LogP contribution in [0.4, 0.5) is 0 Å². The minimum atomic E-state index is 0.932. The summed E-state index contributed by atoms with van der Waals surface area (Å²) in [6.45, 7) is 2.57. The Morgan fingerprint density at radius 2 is 2.00 bits per heavy atom. The summed E-state index contributed by atoms with van der Waals surface area (Å²) >= 11 is 0. The molecule has 0 bridgehead atoms. The lowest BCUT2D eigenvalue weighted by Crippen LogP contribution is -2.32. The largest absolute Gasteiger partial charge is 0.361 e. The Balaban J connectivity index is 2.13. The van der Waals surface area contributed by atoms with Crippen LogP contribution in [-0.4, -0.2) is 39.5 Å². The highest BCUT2D eigenvalue weighted by atomic mass is 15.1. The van der Waals surface area contributed by atoms with Crippen molar-refractivity contribution < 1.29 is 0 Å². The van der Waals surface area contributed by atoms with Gasteiger partial charge < -0.3 is 10.1 Å². The van der Waals surface area contributed by atoms with Gasteiger partial charge in [0.2, 0.25) is 7.41 Å². The fourth-order valence-electron chi connectivity index (χ4n) is 1.55.